The highest BCUT2D eigenvalue weighted by molar-refractivity contribution is 5.77. The van der Waals surface area contributed by atoms with Gasteiger partial charge in [0.1, 0.15) is 11.6 Å². The summed E-state index contributed by atoms with van der Waals surface area (Å²) in [6, 6.07) is 13.3. The van der Waals surface area contributed by atoms with E-state index < -0.39 is 11.2 Å². The zero-order valence-corrected chi connectivity index (χ0v) is 18.7. The minimum absolute atomic E-state index is 0.0313. The Bertz CT molecular complexity index is 1650. The highest BCUT2D eigenvalue weighted by Gasteiger charge is 2.23. The summed E-state index contributed by atoms with van der Waals surface area (Å²) in [4.78, 5) is 31.3. The molecule has 0 saturated carbocycles. The SMILES string of the molecule is COc1cccc(-n2c(C)c(C)n3c4c(=O)n(Cc5ccc(F)cc5)c(=O)n(C)c4nc23)c1. The Labute approximate surface area is 187 Å². The molecule has 33 heavy (non-hydrogen) atoms. The van der Waals surface area contributed by atoms with E-state index in [1.54, 1.807) is 30.7 Å². The second-order valence-electron chi connectivity index (χ2n) is 7.99. The van der Waals surface area contributed by atoms with Gasteiger partial charge in [-0.2, -0.15) is 4.98 Å². The third-order valence-electron chi connectivity index (χ3n) is 6.08. The van der Waals surface area contributed by atoms with Crippen LogP contribution in [0.4, 0.5) is 4.39 Å². The first-order chi connectivity index (χ1) is 15.8. The number of hydrogen-bond acceptors (Lipinski definition) is 4. The zero-order valence-electron chi connectivity index (χ0n) is 18.7. The van der Waals surface area contributed by atoms with Gasteiger partial charge in [-0.05, 0) is 43.7 Å². The molecule has 0 aliphatic heterocycles. The van der Waals surface area contributed by atoms with Gasteiger partial charge >= 0.3 is 5.69 Å². The van der Waals surface area contributed by atoms with Crippen molar-refractivity contribution in [1.82, 2.24) is 23.1 Å². The van der Waals surface area contributed by atoms with Crippen molar-refractivity contribution in [1.29, 1.82) is 0 Å². The van der Waals surface area contributed by atoms with Crippen molar-refractivity contribution < 1.29 is 9.13 Å². The number of aromatic nitrogens is 5. The Balaban J connectivity index is 1.82. The summed E-state index contributed by atoms with van der Waals surface area (Å²) in [5, 5.41) is 0. The van der Waals surface area contributed by atoms with E-state index in [0.717, 1.165) is 21.6 Å². The van der Waals surface area contributed by atoms with Gasteiger partial charge in [0.25, 0.3) is 5.56 Å². The molecule has 0 N–H and O–H groups in total. The highest BCUT2D eigenvalue weighted by atomic mass is 19.1. The van der Waals surface area contributed by atoms with Crippen LogP contribution >= 0.6 is 0 Å². The maximum atomic E-state index is 13.5. The average molecular weight is 447 g/mol. The van der Waals surface area contributed by atoms with E-state index in [2.05, 4.69) is 0 Å². The largest absolute Gasteiger partial charge is 0.497 e. The molecule has 5 rings (SSSR count). The number of nitrogens with zero attached hydrogens (tertiary/aromatic N) is 5. The van der Waals surface area contributed by atoms with E-state index in [0.29, 0.717) is 28.3 Å². The quantitative estimate of drug-likeness (QED) is 0.425. The molecule has 0 atom stereocenters. The molecule has 3 aromatic heterocycles. The molecule has 3 heterocycles. The molecule has 0 amide bonds. The lowest BCUT2D eigenvalue weighted by Gasteiger charge is -2.09. The van der Waals surface area contributed by atoms with Crippen molar-refractivity contribution >= 4 is 16.9 Å². The van der Waals surface area contributed by atoms with Crippen LogP contribution in [0.1, 0.15) is 17.0 Å². The van der Waals surface area contributed by atoms with Crippen molar-refractivity contribution in [3.05, 3.63) is 92.1 Å². The molecule has 0 unspecified atom stereocenters. The Hall–Kier alpha value is -4.14. The standard InChI is InChI=1S/C24H22FN5O3/c1-14-15(2)30-20-21(26-23(30)29(14)18-6-5-7-19(12-18)33-4)27(3)24(32)28(22(20)31)13-16-8-10-17(25)11-9-16/h5-12H,13H2,1-4H3. The second kappa shape index (κ2) is 7.47. The Morgan fingerprint density at radius 2 is 1.76 bits per heavy atom. The number of fused-ring (bicyclic) bond motifs is 3. The first-order valence-electron chi connectivity index (χ1n) is 10.4. The van der Waals surface area contributed by atoms with E-state index in [1.807, 2.05) is 42.7 Å². The number of rotatable bonds is 4. The zero-order chi connectivity index (χ0) is 23.4. The number of halogens is 1. The number of methoxy groups -OCH3 is 1. The fraction of sp³-hybridized carbons (Fsp3) is 0.208. The van der Waals surface area contributed by atoms with Gasteiger partial charge < -0.3 is 4.74 Å². The molecule has 0 saturated heterocycles. The summed E-state index contributed by atoms with van der Waals surface area (Å²) in [5.74, 6) is 0.846. The predicted molar refractivity (Wildman–Crippen MR) is 123 cm³/mol. The van der Waals surface area contributed by atoms with Gasteiger partial charge in [0.2, 0.25) is 5.78 Å². The van der Waals surface area contributed by atoms with Gasteiger partial charge in [0, 0.05) is 24.5 Å². The maximum absolute atomic E-state index is 13.5. The smallest absolute Gasteiger partial charge is 0.332 e. The number of ether oxygens (including phenoxy) is 1. The summed E-state index contributed by atoms with van der Waals surface area (Å²) >= 11 is 0. The van der Waals surface area contributed by atoms with Crippen LogP contribution in [-0.4, -0.2) is 30.2 Å². The number of aryl methyl sites for hydroxylation is 2. The van der Waals surface area contributed by atoms with Gasteiger partial charge in [0.05, 0.1) is 19.3 Å². The maximum Gasteiger partial charge on any atom is 0.332 e. The van der Waals surface area contributed by atoms with E-state index in [-0.39, 0.29) is 12.4 Å². The van der Waals surface area contributed by atoms with Crippen LogP contribution in [0.2, 0.25) is 0 Å². The van der Waals surface area contributed by atoms with E-state index in [9.17, 15) is 14.0 Å². The summed E-state index contributed by atoms with van der Waals surface area (Å²) < 4.78 is 24.9. The minimum atomic E-state index is -0.486. The Kier molecular flexibility index (Phi) is 4.70. The van der Waals surface area contributed by atoms with E-state index in [1.165, 1.54) is 16.7 Å². The third-order valence-corrected chi connectivity index (χ3v) is 6.08. The molecule has 8 nitrogen and oxygen atoms in total. The average Bonchev–Trinajstić information content (AvgIpc) is 3.32. The van der Waals surface area contributed by atoms with Crippen molar-refractivity contribution in [3.8, 4) is 11.4 Å². The van der Waals surface area contributed by atoms with Gasteiger partial charge in [-0.3, -0.25) is 22.9 Å². The first-order valence-corrected chi connectivity index (χ1v) is 10.4. The molecule has 0 spiro atoms. The normalized spacial score (nSPS) is 11.5. The van der Waals surface area contributed by atoms with Gasteiger partial charge in [0.15, 0.2) is 11.2 Å². The molecule has 5 aromatic rings. The van der Waals surface area contributed by atoms with Gasteiger partial charge in [-0.25, -0.2) is 9.18 Å². The lowest BCUT2D eigenvalue weighted by atomic mass is 10.2. The van der Waals surface area contributed by atoms with Crippen molar-refractivity contribution in [2.45, 2.75) is 20.4 Å². The minimum Gasteiger partial charge on any atom is -0.497 e. The lowest BCUT2D eigenvalue weighted by Crippen LogP contribution is -2.39. The van der Waals surface area contributed by atoms with Crippen LogP contribution in [0.3, 0.4) is 0 Å². The fourth-order valence-electron chi connectivity index (χ4n) is 4.22. The number of imidazole rings is 2. The van der Waals surface area contributed by atoms with Crippen molar-refractivity contribution in [2.24, 2.45) is 7.05 Å². The highest BCUT2D eigenvalue weighted by Crippen LogP contribution is 2.26. The number of benzene rings is 2. The number of hydrogen-bond donors (Lipinski definition) is 0. The predicted octanol–water partition coefficient (Wildman–Crippen LogP) is 2.95. The summed E-state index contributed by atoms with van der Waals surface area (Å²) in [6.45, 7) is 3.90. The molecule has 168 valence electrons. The van der Waals surface area contributed by atoms with E-state index in [4.69, 9.17) is 9.72 Å². The van der Waals surface area contributed by atoms with E-state index >= 15 is 0 Å². The second-order valence-corrected chi connectivity index (χ2v) is 7.99. The Morgan fingerprint density at radius 3 is 2.45 bits per heavy atom. The van der Waals surface area contributed by atoms with Crippen LogP contribution in [0.25, 0.3) is 22.6 Å². The summed E-state index contributed by atoms with van der Waals surface area (Å²) in [7, 11) is 3.20. The molecule has 0 aliphatic rings. The summed E-state index contributed by atoms with van der Waals surface area (Å²) in [5.41, 5.74) is 2.90. The molecular weight excluding hydrogens is 425 g/mol. The molecular formula is C24H22FN5O3. The fourth-order valence-corrected chi connectivity index (χ4v) is 4.22. The topological polar surface area (TPSA) is 75.5 Å². The molecule has 9 heteroatoms. The molecule has 0 radical (unpaired) electrons. The molecule has 2 aromatic carbocycles. The van der Waals surface area contributed by atoms with Gasteiger partial charge in [-0.1, -0.05) is 18.2 Å². The Morgan fingerprint density at radius 1 is 1.03 bits per heavy atom. The molecule has 0 aliphatic carbocycles. The van der Waals surface area contributed by atoms with Crippen LogP contribution < -0.4 is 16.0 Å². The summed E-state index contributed by atoms with van der Waals surface area (Å²) in [6.07, 6.45) is 0. The monoisotopic (exact) mass is 447 g/mol. The van der Waals surface area contributed by atoms with Crippen molar-refractivity contribution in [2.75, 3.05) is 7.11 Å². The van der Waals surface area contributed by atoms with Crippen LogP contribution in [0.15, 0.2) is 58.1 Å². The van der Waals surface area contributed by atoms with Crippen LogP contribution in [0, 0.1) is 19.7 Å². The van der Waals surface area contributed by atoms with Crippen LogP contribution in [-0.2, 0) is 13.6 Å². The van der Waals surface area contributed by atoms with Gasteiger partial charge in [-0.15, -0.1) is 0 Å². The molecule has 0 fully saturated rings. The lowest BCUT2D eigenvalue weighted by molar-refractivity contribution is 0.414. The molecule has 0 bridgehead atoms. The van der Waals surface area contributed by atoms with Crippen LogP contribution in [0.5, 0.6) is 5.75 Å². The third kappa shape index (κ3) is 3.07. The first kappa shape index (κ1) is 20.7. The van der Waals surface area contributed by atoms with Crippen molar-refractivity contribution in [3.63, 3.8) is 0 Å².